The van der Waals surface area contributed by atoms with Crippen LogP contribution in [-0.4, -0.2) is 40.9 Å². The second-order valence-electron chi connectivity index (χ2n) is 6.39. The van der Waals surface area contributed by atoms with Gasteiger partial charge < -0.3 is 0 Å². The molecular formula is C19H20ClN3O2S2. The molecule has 0 atom stereocenters. The van der Waals surface area contributed by atoms with Crippen molar-refractivity contribution in [2.45, 2.75) is 19.0 Å². The minimum Gasteiger partial charge on any atom is -0.270 e. The van der Waals surface area contributed by atoms with Crippen LogP contribution in [0.2, 0.25) is 5.02 Å². The summed E-state index contributed by atoms with van der Waals surface area (Å²) in [6, 6.07) is 13.7. The molecule has 0 spiro atoms. The maximum absolute atomic E-state index is 11.5. The number of thioether (sulfide) groups is 1. The highest BCUT2D eigenvalue weighted by Crippen LogP contribution is 2.33. The van der Waals surface area contributed by atoms with E-state index in [1.165, 1.54) is 18.0 Å². The van der Waals surface area contributed by atoms with Gasteiger partial charge in [-0.1, -0.05) is 47.6 Å². The fourth-order valence-corrected chi connectivity index (χ4v) is 5.00. The van der Waals surface area contributed by atoms with Gasteiger partial charge in [0.25, 0.3) is 0 Å². The normalized spacial score (nSPS) is 11.7. The Balaban J connectivity index is 2.12. The van der Waals surface area contributed by atoms with Crippen molar-refractivity contribution < 1.29 is 8.42 Å². The van der Waals surface area contributed by atoms with Crippen molar-refractivity contribution in [3.63, 3.8) is 0 Å². The maximum atomic E-state index is 11.5. The Kier molecular flexibility index (Phi) is 5.93. The summed E-state index contributed by atoms with van der Waals surface area (Å²) in [6.07, 6.45) is 1.23. The van der Waals surface area contributed by atoms with Crippen LogP contribution in [0.3, 0.4) is 0 Å². The fourth-order valence-electron chi connectivity index (χ4n) is 2.64. The highest BCUT2D eigenvalue weighted by Gasteiger charge is 2.19. The molecule has 0 unspecified atom stereocenters. The summed E-state index contributed by atoms with van der Waals surface area (Å²) in [5.41, 5.74) is 3.92. The van der Waals surface area contributed by atoms with Crippen molar-refractivity contribution in [2.24, 2.45) is 0 Å². The summed E-state index contributed by atoms with van der Waals surface area (Å²) < 4.78 is 24.9. The summed E-state index contributed by atoms with van der Waals surface area (Å²) in [7, 11) is -3.04. The van der Waals surface area contributed by atoms with E-state index in [4.69, 9.17) is 11.6 Å². The van der Waals surface area contributed by atoms with E-state index in [0.29, 0.717) is 21.8 Å². The Morgan fingerprint density at radius 2 is 1.85 bits per heavy atom. The molecule has 0 N–H and O–H groups in total. The Morgan fingerprint density at radius 1 is 1.11 bits per heavy atom. The van der Waals surface area contributed by atoms with Crippen LogP contribution in [0.5, 0.6) is 0 Å². The average molecular weight is 422 g/mol. The number of hydrogen-bond donors (Lipinski definition) is 0. The molecule has 3 rings (SSSR count). The number of benzene rings is 2. The quantitative estimate of drug-likeness (QED) is 0.554. The largest absolute Gasteiger partial charge is 0.270 e. The lowest BCUT2D eigenvalue weighted by atomic mass is 10.1. The number of nitrogens with zero attached hydrogens (tertiary/aromatic N) is 3. The Labute approximate surface area is 168 Å². The molecule has 1 heterocycles. The standard InChI is InChI=1S/C19H20ClN3O2S2/c1-13-8-9-14(2)17(12-13)23-18(15-6-4-5-7-16(15)20)21-22-19(23)26-10-11-27(3,24)25/h4-9,12H,10-11H2,1-3H3. The van der Waals surface area contributed by atoms with E-state index in [0.717, 1.165) is 22.4 Å². The van der Waals surface area contributed by atoms with E-state index >= 15 is 0 Å². The summed E-state index contributed by atoms with van der Waals surface area (Å²) in [4.78, 5) is 0. The molecular weight excluding hydrogens is 402 g/mol. The number of rotatable bonds is 6. The van der Waals surface area contributed by atoms with Gasteiger partial charge in [-0.25, -0.2) is 8.42 Å². The van der Waals surface area contributed by atoms with Crippen molar-refractivity contribution in [1.82, 2.24) is 14.8 Å². The highest BCUT2D eigenvalue weighted by atomic mass is 35.5. The summed E-state index contributed by atoms with van der Waals surface area (Å²) >= 11 is 7.77. The first-order chi connectivity index (χ1) is 12.8. The van der Waals surface area contributed by atoms with Gasteiger partial charge in [-0.05, 0) is 43.2 Å². The number of aryl methyl sites for hydroxylation is 2. The number of aromatic nitrogens is 3. The van der Waals surface area contributed by atoms with Crippen molar-refractivity contribution in [3.8, 4) is 17.1 Å². The number of sulfone groups is 1. The zero-order valence-corrected chi connectivity index (χ0v) is 17.7. The molecule has 1 aromatic heterocycles. The summed E-state index contributed by atoms with van der Waals surface area (Å²) in [6.45, 7) is 4.05. The van der Waals surface area contributed by atoms with Crippen LogP contribution >= 0.6 is 23.4 Å². The molecule has 8 heteroatoms. The molecule has 0 bridgehead atoms. The summed E-state index contributed by atoms with van der Waals surface area (Å²) in [5, 5.41) is 9.92. The smallest absolute Gasteiger partial charge is 0.196 e. The Hall–Kier alpha value is -1.83. The Bertz CT molecular complexity index is 1080. The molecule has 0 saturated heterocycles. The van der Waals surface area contributed by atoms with Gasteiger partial charge >= 0.3 is 0 Å². The molecule has 0 amide bonds. The van der Waals surface area contributed by atoms with Crippen molar-refractivity contribution in [3.05, 3.63) is 58.6 Å². The van der Waals surface area contributed by atoms with Crippen LogP contribution in [0.15, 0.2) is 47.6 Å². The van der Waals surface area contributed by atoms with Crippen LogP contribution in [0.1, 0.15) is 11.1 Å². The first kappa shape index (κ1) is 19.9. The van der Waals surface area contributed by atoms with E-state index in [9.17, 15) is 8.42 Å². The van der Waals surface area contributed by atoms with Gasteiger partial charge in [0.15, 0.2) is 11.0 Å². The lowest BCUT2D eigenvalue weighted by molar-refractivity contribution is 0.603. The minimum absolute atomic E-state index is 0.0821. The monoisotopic (exact) mass is 421 g/mol. The zero-order valence-electron chi connectivity index (χ0n) is 15.3. The molecule has 0 fully saturated rings. The molecule has 0 aliphatic carbocycles. The van der Waals surface area contributed by atoms with Crippen LogP contribution in [0, 0.1) is 13.8 Å². The number of hydrogen-bond acceptors (Lipinski definition) is 5. The first-order valence-corrected chi connectivity index (χ1v) is 11.8. The minimum atomic E-state index is -3.04. The first-order valence-electron chi connectivity index (χ1n) is 8.35. The highest BCUT2D eigenvalue weighted by molar-refractivity contribution is 8.00. The Morgan fingerprint density at radius 3 is 2.56 bits per heavy atom. The molecule has 5 nitrogen and oxygen atoms in total. The fraction of sp³-hybridized carbons (Fsp3) is 0.263. The molecule has 2 aromatic carbocycles. The molecule has 0 aliphatic rings. The van der Waals surface area contributed by atoms with E-state index in [-0.39, 0.29) is 5.75 Å². The lowest BCUT2D eigenvalue weighted by Crippen LogP contribution is -2.07. The van der Waals surface area contributed by atoms with E-state index in [1.807, 2.05) is 48.7 Å². The van der Waals surface area contributed by atoms with Crippen LogP contribution in [-0.2, 0) is 9.84 Å². The SMILES string of the molecule is Cc1ccc(C)c(-n2c(SCCS(C)(=O)=O)nnc2-c2ccccc2Cl)c1. The average Bonchev–Trinajstić information content (AvgIpc) is 3.00. The van der Waals surface area contributed by atoms with Gasteiger partial charge in [-0.15, -0.1) is 10.2 Å². The third-order valence-electron chi connectivity index (χ3n) is 4.04. The molecule has 0 radical (unpaired) electrons. The second kappa shape index (κ2) is 8.04. The predicted molar refractivity (Wildman–Crippen MR) is 112 cm³/mol. The van der Waals surface area contributed by atoms with Gasteiger partial charge in [-0.2, -0.15) is 0 Å². The zero-order chi connectivity index (χ0) is 19.6. The van der Waals surface area contributed by atoms with Crippen LogP contribution < -0.4 is 0 Å². The van der Waals surface area contributed by atoms with Crippen molar-refractivity contribution >= 4 is 33.2 Å². The lowest BCUT2D eigenvalue weighted by Gasteiger charge is -2.14. The van der Waals surface area contributed by atoms with Gasteiger partial charge in [-0.3, -0.25) is 4.57 Å². The van der Waals surface area contributed by atoms with E-state index < -0.39 is 9.84 Å². The molecule has 27 heavy (non-hydrogen) atoms. The third kappa shape index (κ3) is 4.72. The van der Waals surface area contributed by atoms with Crippen molar-refractivity contribution in [2.75, 3.05) is 17.8 Å². The summed E-state index contributed by atoms with van der Waals surface area (Å²) in [5.74, 6) is 1.12. The second-order valence-corrected chi connectivity index (χ2v) is 10.1. The number of halogens is 1. The van der Waals surface area contributed by atoms with E-state index in [1.54, 1.807) is 0 Å². The topological polar surface area (TPSA) is 64.8 Å². The predicted octanol–water partition coefficient (Wildman–Crippen LogP) is 4.34. The maximum Gasteiger partial charge on any atom is 0.196 e. The third-order valence-corrected chi connectivity index (χ3v) is 6.50. The van der Waals surface area contributed by atoms with Gasteiger partial charge in [0.2, 0.25) is 0 Å². The van der Waals surface area contributed by atoms with Gasteiger partial charge in [0.1, 0.15) is 9.84 Å². The van der Waals surface area contributed by atoms with Gasteiger partial charge in [0, 0.05) is 17.6 Å². The van der Waals surface area contributed by atoms with Crippen molar-refractivity contribution in [1.29, 1.82) is 0 Å². The molecule has 0 aliphatic heterocycles. The van der Waals surface area contributed by atoms with Crippen LogP contribution in [0.4, 0.5) is 0 Å². The van der Waals surface area contributed by atoms with Gasteiger partial charge in [0.05, 0.1) is 16.5 Å². The molecule has 142 valence electrons. The molecule has 3 aromatic rings. The van der Waals surface area contributed by atoms with Crippen LogP contribution in [0.25, 0.3) is 17.1 Å². The van der Waals surface area contributed by atoms with E-state index in [2.05, 4.69) is 22.3 Å². The molecule has 0 saturated carbocycles.